The van der Waals surface area contributed by atoms with Crippen LogP contribution >= 0.6 is 0 Å². The first-order valence-corrected chi connectivity index (χ1v) is 8.03. The molecule has 1 aliphatic heterocycles. The highest BCUT2D eigenvalue weighted by Gasteiger charge is 2.20. The van der Waals surface area contributed by atoms with Crippen LogP contribution in [0.3, 0.4) is 0 Å². The molecule has 0 aromatic carbocycles. The fourth-order valence-electron chi connectivity index (χ4n) is 2.36. The van der Waals surface area contributed by atoms with Gasteiger partial charge in [0, 0.05) is 39.7 Å². The molecule has 1 N–H and O–H groups in total. The maximum Gasteiger partial charge on any atom is 0.216 e. The van der Waals surface area contributed by atoms with E-state index in [0.717, 1.165) is 45.9 Å². The van der Waals surface area contributed by atoms with Crippen molar-refractivity contribution in [2.45, 2.75) is 46.6 Å². The van der Waals surface area contributed by atoms with Crippen molar-refractivity contribution >= 4 is 5.91 Å². The Kier molecular flexibility index (Phi) is 8.22. The molecule has 0 unspecified atom stereocenters. The molecular formula is C16H32N2O3. The minimum Gasteiger partial charge on any atom is -0.380 e. The van der Waals surface area contributed by atoms with Gasteiger partial charge in [-0.05, 0) is 18.3 Å². The van der Waals surface area contributed by atoms with Crippen molar-refractivity contribution in [2.24, 2.45) is 5.41 Å². The first kappa shape index (κ1) is 18.4. The van der Waals surface area contributed by atoms with Crippen molar-refractivity contribution in [2.75, 3.05) is 46.0 Å². The van der Waals surface area contributed by atoms with E-state index in [-0.39, 0.29) is 12.0 Å². The van der Waals surface area contributed by atoms with Crippen LogP contribution in [0.1, 0.15) is 40.5 Å². The van der Waals surface area contributed by atoms with E-state index < -0.39 is 0 Å². The lowest BCUT2D eigenvalue weighted by Crippen LogP contribution is -2.48. The van der Waals surface area contributed by atoms with Gasteiger partial charge in [0.1, 0.15) is 0 Å². The number of morpholine rings is 1. The number of carbonyl (C=O) groups excluding carboxylic acids is 1. The van der Waals surface area contributed by atoms with Crippen LogP contribution < -0.4 is 5.32 Å². The molecule has 0 saturated carbocycles. The van der Waals surface area contributed by atoms with E-state index in [9.17, 15) is 4.79 Å². The normalized spacial score (nSPS) is 20.5. The summed E-state index contributed by atoms with van der Waals surface area (Å²) in [7, 11) is 0. The average molecular weight is 300 g/mol. The topological polar surface area (TPSA) is 50.8 Å². The molecule has 5 nitrogen and oxygen atoms in total. The van der Waals surface area contributed by atoms with Crippen LogP contribution in [-0.2, 0) is 14.3 Å². The molecule has 1 amide bonds. The fourth-order valence-corrected chi connectivity index (χ4v) is 2.36. The zero-order valence-corrected chi connectivity index (χ0v) is 14.1. The molecule has 0 aromatic rings. The number of rotatable bonds is 8. The number of nitrogens with zero attached hydrogens (tertiary/aromatic N) is 1. The lowest BCUT2D eigenvalue weighted by molar-refractivity contribution is -0.120. The van der Waals surface area contributed by atoms with E-state index in [1.54, 1.807) is 0 Å². The standard InChI is InChI=1S/C16H32N2O3/c1-14(19)17-12-15-13-18(8-11-21-15)7-10-20-9-5-6-16(2,3)4/h15H,5-13H2,1-4H3,(H,17,19)/t15-/m0/s1. The molecule has 1 heterocycles. The molecule has 1 aliphatic rings. The molecule has 0 radical (unpaired) electrons. The van der Waals surface area contributed by atoms with E-state index in [2.05, 4.69) is 31.0 Å². The Labute approximate surface area is 129 Å². The Morgan fingerprint density at radius 2 is 2.14 bits per heavy atom. The Morgan fingerprint density at radius 1 is 1.38 bits per heavy atom. The van der Waals surface area contributed by atoms with Gasteiger partial charge < -0.3 is 14.8 Å². The van der Waals surface area contributed by atoms with Gasteiger partial charge in [-0.25, -0.2) is 0 Å². The van der Waals surface area contributed by atoms with Crippen LogP contribution in [0, 0.1) is 5.41 Å². The van der Waals surface area contributed by atoms with Crippen LogP contribution in [0.5, 0.6) is 0 Å². The van der Waals surface area contributed by atoms with Crippen LogP contribution in [-0.4, -0.2) is 62.9 Å². The van der Waals surface area contributed by atoms with Crippen molar-refractivity contribution in [1.29, 1.82) is 0 Å². The Bertz CT molecular complexity index is 302. The second-order valence-electron chi connectivity index (χ2n) is 7.01. The molecule has 21 heavy (non-hydrogen) atoms. The van der Waals surface area contributed by atoms with Gasteiger partial charge in [0.25, 0.3) is 0 Å². The second-order valence-corrected chi connectivity index (χ2v) is 7.01. The lowest BCUT2D eigenvalue weighted by Gasteiger charge is -2.32. The highest BCUT2D eigenvalue weighted by Crippen LogP contribution is 2.20. The molecule has 5 heteroatoms. The van der Waals surface area contributed by atoms with E-state index in [1.807, 2.05) is 0 Å². The predicted molar refractivity (Wildman–Crippen MR) is 84.4 cm³/mol. The van der Waals surface area contributed by atoms with Gasteiger partial charge in [-0.2, -0.15) is 0 Å². The first-order valence-electron chi connectivity index (χ1n) is 8.03. The fraction of sp³-hybridized carbons (Fsp3) is 0.938. The van der Waals surface area contributed by atoms with Gasteiger partial charge >= 0.3 is 0 Å². The van der Waals surface area contributed by atoms with Crippen LogP contribution in [0.25, 0.3) is 0 Å². The highest BCUT2D eigenvalue weighted by molar-refractivity contribution is 5.72. The van der Waals surface area contributed by atoms with Crippen molar-refractivity contribution in [3.63, 3.8) is 0 Å². The average Bonchev–Trinajstić information content (AvgIpc) is 2.40. The Balaban J connectivity index is 2.05. The number of amides is 1. The summed E-state index contributed by atoms with van der Waals surface area (Å²) in [5, 5.41) is 2.81. The summed E-state index contributed by atoms with van der Waals surface area (Å²) in [4.78, 5) is 13.3. The van der Waals surface area contributed by atoms with Crippen LogP contribution in [0.4, 0.5) is 0 Å². The maximum atomic E-state index is 10.9. The third-order valence-corrected chi connectivity index (χ3v) is 3.57. The molecule has 1 atom stereocenters. The van der Waals surface area contributed by atoms with Crippen molar-refractivity contribution in [3.05, 3.63) is 0 Å². The summed E-state index contributed by atoms with van der Waals surface area (Å²) >= 11 is 0. The summed E-state index contributed by atoms with van der Waals surface area (Å²) < 4.78 is 11.4. The monoisotopic (exact) mass is 300 g/mol. The number of hydrogen-bond acceptors (Lipinski definition) is 4. The van der Waals surface area contributed by atoms with Crippen LogP contribution in [0.15, 0.2) is 0 Å². The molecule has 1 rings (SSSR count). The quantitative estimate of drug-likeness (QED) is 0.693. The highest BCUT2D eigenvalue weighted by atomic mass is 16.5. The van der Waals surface area contributed by atoms with E-state index in [1.165, 1.54) is 13.3 Å². The first-order chi connectivity index (χ1) is 9.87. The molecule has 0 aliphatic carbocycles. The SMILES string of the molecule is CC(=O)NC[C@H]1CN(CCOCCCC(C)(C)C)CCO1. The Hall–Kier alpha value is -0.650. The molecule has 0 spiro atoms. The minimum atomic E-state index is -0.00194. The van der Waals surface area contributed by atoms with Crippen LogP contribution in [0.2, 0.25) is 0 Å². The predicted octanol–water partition coefficient (Wildman–Crippen LogP) is 1.67. The largest absolute Gasteiger partial charge is 0.380 e. The maximum absolute atomic E-state index is 10.9. The van der Waals surface area contributed by atoms with E-state index >= 15 is 0 Å². The minimum absolute atomic E-state index is 0.00194. The zero-order chi connectivity index (χ0) is 15.7. The van der Waals surface area contributed by atoms with Crippen molar-refractivity contribution in [3.8, 4) is 0 Å². The molecule has 1 fully saturated rings. The molecule has 1 saturated heterocycles. The third-order valence-electron chi connectivity index (χ3n) is 3.57. The van der Waals surface area contributed by atoms with Crippen molar-refractivity contribution in [1.82, 2.24) is 10.2 Å². The molecule has 0 aromatic heterocycles. The summed E-state index contributed by atoms with van der Waals surface area (Å²) in [5.41, 5.74) is 0.393. The summed E-state index contributed by atoms with van der Waals surface area (Å²) in [6, 6.07) is 0. The Morgan fingerprint density at radius 3 is 2.81 bits per heavy atom. The third kappa shape index (κ3) is 9.82. The van der Waals surface area contributed by atoms with Gasteiger partial charge in [-0.15, -0.1) is 0 Å². The summed E-state index contributed by atoms with van der Waals surface area (Å²) in [5.74, 6) is -0.00194. The van der Waals surface area contributed by atoms with Gasteiger partial charge in [-0.3, -0.25) is 9.69 Å². The molecule has 124 valence electrons. The van der Waals surface area contributed by atoms with Crippen molar-refractivity contribution < 1.29 is 14.3 Å². The molecular weight excluding hydrogens is 268 g/mol. The van der Waals surface area contributed by atoms with E-state index in [0.29, 0.717) is 12.0 Å². The van der Waals surface area contributed by atoms with Gasteiger partial charge in [0.05, 0.1) is 19.3 Å². The second kappa shape index (κ2) is 9.38. The number of ether oxygens (including phenoxy) is 2. The smallest absolute Gasteiger partial charge is 0.216 e. The van der Waals surface area contributed by atoms with Gasteiger partial charge in [0.15, 0.2) is 0 Å². The molecule has 0 bridgehead atoms. The summed E-state index contributed by atoms with van der Waals surface area (Å²) in [6.07, 6.45) is 2.42. The number of carbonyl (C=O) groups is 1. The van der Waals surface area contributed by atoms with E-state index in [4.69, 9.17) is 9.47 Å². The summed E-state index contributed by atoms with van der Waals surface area (Å²) in [6.45, 7) is 14.0. The number of hydrogen-bond donors (Lipinski definition) is 1. The van der Waals surface area contributed by atoms with Gasteiger partial charge in [-0.1, -0.05) is 20.8 Å². The number of nitrogens with one attached hydrogen (secondary N) is 1. The zero-order valence-electron chi connectivity index (χ0n) is 14.1. The van der Waals surface area contributed by atoms with Gasteiger partial charge in [0.2, 0.25) is 5.91 Å². The lowest BCUT2D eigenvalue weighted by atomic mass is 9.91.